The van der Waals surface area contributed by atoms with Crippen LogP contribution >= 0.6 is 0 Å². The van der Waals surface area contributed by atoms with E-state index in [1.807, 2.05) is 66.7 Å². The predicted octanol–water partition coefficient (Wildman–Crippen LogP) is 5.82. The highest BCUT2D eigenvalue weighted by atomic mass is 16.5. The second kappa shape index (κ2) is 8.83. The van der Waals surface area contributed by atoms with Gasteiger partial charge in [-0.2, -0.15) is 0 Å². The Bertz CT molecular complexity index is 1140. The average Bonchev–Trinajstić information content (AvgIpc) is 2.78. The van der Waals surface area contributed by atoms with Crippen LogP contribution in [0.5, 0.6) is 5.75 Å². The number of carbonyl (C=O) groups excluding carboxylic acids is 1. The number of rotatable bonds is 6. The van der Waals surface area contributed by atoms with Crippen molar-refractivity contribution >= 4 is 16.7 Å². The summed E-state index contributed by atoms with van der Waals surface area (Å²) in [6, 6.07) is 32.0. The van der Waals surface area contributed by atoms with Crippen molar-refractivity contribution in [2.24, 2.45) is 0 Å². The van der Waals surface area contributed by atoms with Crippen LogP contribution in [0.4, 0.5) is 0 Å². The van der Waals surface area contributed by atoms with Crippen LogP contribution in [-0.4, -0.2) is 12.0 Å². The second-order valence-corrected chi connectivity index (χ2v) is 7.53. The molecule has 4 rings (SSSR count). The van der Waals surface area contributed by atoms with Gasteiger partial charge in [0, 0.05) is 0 Å². The Morgan fingerprint density at radius 3 is 2.13 bits per heavy atom. The molecule has 0 saturated carbocycles. The van der Waals surface area contributed by atoms with Crippen molar-refractivity contribution < 1.29 is 9.53 Å². The molecule has 30 heavy (non-hydrogen) atoms. The maximum Gasteiger partial charge on any atom is 0.261 e. The van der Waals surface area contributed by atoms with Crippen LogP contribution in [0.3, 0.4) is 0 Å². The van der Waals surface area contributed by atoms with Crippen molar-refractivity contribution in [3.8, 4) is 5.75 Å². The zero-order valence-electron chi connectivity index (χ0n) is 17.2. The van der Waals surface area contributed by atoms with Gasteiger partial charge in [-0.3, -0.25) is 4.79 Å². The number of nitrogens with one attached hydrogen (secondary N) is 1. The summed E-state index contributed by atoms with van der Waals surface area (Å²) in [5.74, 6) is 0.528. The van der Waals surface area contributed by atoms with E-state index in [9.17, 15) is 4.79 Å². The van der Waals surface area contributed by atoms with Crippen LogP contribution < -0.4 is 10.1 Å². The SMILES string of the molecule is Cc1ccc(C(NC(=O)C(C)Oc2ccc3ccccc3c2)c2ccccc2)cc1. The van der Waals surface area contributed by atoms with Crippen molar-refractivity contribution in [1.82, 2.24) is 5.32 Å². The van der Waals surface area contributed by atoms with Gasteiger partial charge in [0.15, 0.2) is 6.10 Å². The third kappa shape index (κ3) is 4.52. The van der Waals surface area contributed by atoms with Crippen LogP contribution in [0.15, 0.2) is 97.1 Å². The minimum atomic E-state index is -0.622. The molecule has 3 nitrogen and oxygen atoms in total. The number of hydrogen-bond donors (Lipinski definition) is 1. The summed E-state index contributed by atoms with van der Waals surface area (Å²) in [4.78, 5) is 13.0. The number of benzene rings is 4. The monoisotopic (exact) mass is 395 g/mol. The lowest BCUT2D eigenvalue weighted by molar-refractivity contribution is -0.127. The van der Waals surface area contributed by atoms with Crippen molar-refractivity contribution in [3.05, 3.63) is 114 Å². The van der Waals surface area contributed by atoms with Crippen LogP contribution in [0.25, 0.3) is 10.8 Å². The van der Waals surface area contributed by atoms with Gasteiger partial charge in [0.05, 0.1) is 6.04 Å². The summed E-state index contributed by atoms with van der Waals surface area (Å²) < 4.78 is 5.96. The first-order chi connectivity index (χ1) is 14.6. The molecule has 0 spiro atoms. The Kier molecular flexibility index (Phi) is 5.80. The Morgan fingerprint density at radius 2 is 1.40 bits per heavy atom. The van der Waals surface area contributed by atoms with Gasteiger partial charge in [0.1, 0.15) is 5.75 Å². The molecule has 0 aliphatic heterocycles. The number of aryl methyl sites for hydroxylation is 1. The summed E-state index contributed by atoms with van der Waals surface area (Å²) in [7, 11) is 0. The van der Waals surface area contributed by atoms with E-state index < -0.39 is 6.10 Å². The first kappa shape index (κ1) is 19.7. The third-order valence-corrected chi connectivity index (χ3v) is 5.23. The molecule has 0 aliphatic carbocycles. The van der Waals surface area contributed by atoms with Gasteiger partial charge in [0.2, 0.25) is 0 Å². The van der Waals surface area contributed by atoms with Crippen LogP contribution in [0.2, 0.25) is 0 Å². The van der Waals surface area contributed by atoms with Crippen LogP contribution in [0.1, 0.15) is 29.7 Å². The third-order valence-electron chi connectivity index (χ3n) is 5.23. The minimum Gasteiger partial charge on any atom is -0.481 e. The molecule has 0 fully saturated rings. The molecule has 1 amide bonds. The molecule has 4 aromatic rings. The Balaban J connectivity index is 1.53. The summed E-state index contributed by atoms with van der Waals surface area (Å²) >= 11 is 0. The zero-order valence-corrected chi connectivity index (χ0v) is 17.2. The smallest absolute Gasteiger partial charge is 0.261 e. The van der Waals surface area contributed by atoms with Crippen molar-refractivity contribution in [3.63, 3.8) is 0 Å². The highest BCUT2D eigenvalue weighted by Crippen LogP contribution is 2.24. The molecular formula is C27H25NO2. The fourth-order valence-corrected chi connectivity index (χ4v) is 3.52. The number of carbonyl (C=O) groups is 1. The number of ether oxygens (including phenoxy) is 1. The van der Waals surface area contributed by atoms with Gasteiger partial charge in [-0.15, -0.1) is 0 Å². The molecule has 4 aromatic carbocycles. The van der Waals surface area contributed by atoms with E-state index in [2.05, 4.69) is 42.6 Å². The summed E-state index contributed by atoms with van der Waals surface area (Å²) in [5, 5.41) is 5.39. The lowest BCUT2D eigenvalue weighted by atomic mass is 9.97. The maximum absolute atomic E-state index is 13.0. The topological polar surface area (TPSA) is 38.3 Å². The van der Waals surface area contributed by atoms with Gasteiger partial charge in [-0.25, -0.2) is 0 Å². The lowest BCUT2D eigenvalue weighted by Gasteiger charge is -2.23. The van der Waals surface area contributed by atoms with Gasteiger partial charge in [0.25, 0.3) is 5.91 Å². The Labute approximate surface area is 177 Å². The van der Waals surface area contributed by atoms with Crippen LogP contribution in [-0.2, 0) is 4.79 Å². The quantitative estimate of drug-likeness (QED) is 0.447. The molecule has 0 bridgehead atoms. The van der Waals surface area contributed by atoms with Gasteiger partial charge >= 0.3 is 0 Å². The van der Waals surface area contributed by atoms with Crippen molar-refractivity contribution in [2.75, 3.05) is 0 Å². The first-order valence-electron chi connectivity index (χ1n) is 10.2. The molecule has 2 unspecified atom stereocenters. The van der Waals surface area contributed by atoms with E-state index >= 15 is 0 Å². The number of hydrogen-bond acceptors (Lipinski definition) is 2. The predicted molar refractivity (Wildman–Crippen MR) is 122 cm³/mol. The fourth-order valence-electron chi connectivity index (χ4n) is 3.52. The molecule has 1 N–H and O–H groups in total. The molecule has 150 valence electrons. The first-order valence-corrected chi connectivity index (χ1v) is 10.2. The molecular weight excluding hydrogens is 370 g/mol. The molecule has 0 saturated heterocycles. The molecule has 0 aliphatic rings. The molecule has 0 aromatic heterocycles. The summed E-state index contributed by atoms with van der Waals surface area (Å²) in [6.07, 6.45) is -0.622. The maximum atomic E-state index is 13.0. The number of fused-ring (bicyclic) bond motifs is 1. The molecule has 0 radical (unpaired) electrons. The Morgan fingerprint density at radius 1 is 0.767 bits per heavy atom. The standard InChI is InChI=1S/C27H25NO2/c1-19-12-14-23(15-13-19)26(22-9-4-3-5-10-22)28-27(29)20(2)30-25-17-16-21-8-6-7-11-24(21)18-25/h3-18,20,26H,1-2H3,(H,28,29). The average molecular weight is 396 g/mol. The fraction of sp³-hybridized carbons (Fsp3) is 0.148. The lowest BCUT2D eigenvalue weighted by Crippen LogP contribution is -2.39. The van der Waals surface area contributed by atoms with E-state index in [-0.39, 0.29) is 11.9 Å². The van der Waals surface area contributed by atoms with Gasteiger partial charge < -0.3 is 10.1 Å². The minimum absolute atomic E-state index is 0.155. The second-order valence-electron chi connectivity index (χ2n) is 7.53. The molecule has 0 heterocycles. The van der Waals surface area contributed by atoms with E-state index in [4.69, 9.17) is 4.74 Å². The summed E-state index contributed by atoms with van der Waals surface area (Å²) in [6.45, 7) is 3.83. The largest absolute Gasteiger partial charge is 0.481 e. The number of amides is 1. The van der Waals surface area contributed by atoms with E-state index in [1.54, 1.807) is 6.92 Å². The van der Waals surface area contributed by atoms with Gasteiger partial charge in [-0.05, 0) is 47.9 Å². The van der Waals surface area contributed by atoms with Crippen molar-refractivity contribution in [1.29, 1.82) is 0 Å². The van der Waals surface area contributed by atoms with Crippen LogP contribution in [0, 0.1) is 6.92 Å². The molecule has 3 heteroatoms. The summed E-state index contributed by atoms with van der Waals surface area (Å²) in [5.41, 5.74) is 3.26. The highest BCUT2D eigenvalue weighted by molar-refractivity contribution is 5.84. The van der Waals surface area contributed by atoms with E-state index in [0.29, 0.717) is 5.75 Å². The Hall–Kier alpha value is -3.59. The van der Waals surface area contributed by atoms with E-state index in [0.717, 1.165) is 21.9 Å². The highest BCUT2D eigenvalue weighted by Gasteiger charge is 2.21. The van der Waals surface area contributed by atoms with Crippen molar-refractivity contribution in [2.45, 2.75) is 26.0 Å². The zero-order chi connectivity index (χ0) is 20.9. The van der Waals surface area contributed by atoms with Gasteiger partial charge in [-0.1, -0.05) is 90.5 Å². The normalized spacial score (nSPS) is 12.9. The van der Waals surface area contributed by atoms with E-state index in [1.165, 1.54) is 5.56 Å². The molecule has 2 atom stereocenters.